The van der Waals surface area contributed by atoms with Gasteiger partial charge in [-0.2, -0.15) is 13.2 Å². The highest BCUT2D eigenvalue weighted by molar-refractivity contribution is 6.30. The molecular weight excluding hydrogens is 459 g/mol. The minimum atomic E-state index is -4.38. The molecule has 0 radical (unpaired) electrons. The van der Waals surface area contributed by atoms with Gasteiger partial charge in [0.05, 0.1) is 23.0 Å². The molecule has 0 unspecified atom stereocenters. The van der Waals surface area contributed by atoms with E-state index in [4.69, 9.17) is 21.1 Å². The van der Waals surface area contributed by atoms with Crippen molar-refractivity contribution in [2.24, 2.45) is 5.92 Å². The number of ether oxygens (including phenoxy) is 2. The topological polar surface area (TPSA) is 73.3 Å². The number of benzene rings is 2. The summed E-state index contributed by atoms with van der Waals surface area (Å²) in [6.45, 7) is 1.83. The van der Waals surface area contributed by atoms with Crippen molar-refractivity contribution in [2.45, 2.75) is 32.0 Å². The number of aryl methyl sites for hydroxylation is 1. The quantitative estimate of drug-likeness (QED) is 0.468. The number of nitrogens with one attached hydrogen (secondary N) is 1. The number of alkyl halides is 3. The fourth-order valence-electron chi connectivity index (χ4n) is 3.33. The molecule has 0 saturated heterocycles. The first-order chi connectivity index (χ1) is 15.7. The number of nitrogens with zero attached hydrogens (tertiary/aromatic N) is 2. The molecule has 1 saturated carbocycles. The highest BCUT2D eigenvalue weighted by Crippen LogP contribution is 2.35. The molecule has 1 aliphatic carbocycles. The largest absolute Gasteiger partial charge is 0.490 e. The van der Waals surface area contributed by atoms with Crippen LogP contribution in [0.25, 0.3) is 0 Å². The second-order valence-electron chi connectivity index (χ2n) is 7.69. The van der Waals surface area contributed by atoms with Gasteiger partial charge in [0.2, 0.25) is 5.91 Å². The van der Waals surface area contributed by atoms with E-state index in [1.54, 1.807) is 18.2 Å². The van der Waals surface area contributed by atoms with Crippen molar-refractivity contribution in [1.82, 2.24) is 9.97 Å². The number of rotatable bonds is 6. The summed E-state index contributed by atoms with van der Waals surface area (Å²) < 4.78 is 49.2. The molecule has 1 N–H and O–H groups in total. The zero-order chi connectivity index (χ0) is 23.6. The lowest BCUT2D eigenvalue weighted by Crippen LogP contribution is -2.40. The molecule has 10 heteroatoms. The van der Waals surface area contributed by atoms with Crippen LogP contribution < -0.4 is 14.8 Å². The minimum Gasteiger partial charge on any atom is -0.490 e. The smallest absolute Gasteiger partial charge is 0.416 e. The van der Waals surface area contributed by atoms with Crippen LogP contribution in [0.4, 0.5) is 18.9 Å². The molecule has 2 aromatic carbocycles. The lowest BCUT2D eigenvalue weighted by molar-refractivity contribution is -0.137. The van der Waals surface area contributed by atoms with E-state index in [1.807, 2.05) is 6.92 Å². The summed E-state index contributed by atoms with van der Waals surface area (Å²) in [5.74, 6) is 0.520. The Morgan fingerprint density at radius 2 is 1.76 bits per heavy atom. The predicted molar refractivity (Wildman–Crippen MR) is 116 cm³/mol. The Balaban J connectivity index is 1.27. The number of halogens is 4. The van der Waals surface area contributed by atoms with Crippen molar-refractivity contribution >= 4 is 23.2 Å². The van der Waals surface area contributed by atoms with Gasteiger partial charge in [0.25, 0.3) is 0 Å². The van der Waals surface area contributed by atoms with Gasteiger partial charge >= 0.3 is 12.2 Å². The number of hydrogen-bond acceptors (Lipinski definition) is 5. The van der Waals surface area contributed by atoms with Crippen LogP contribution in [-0.4, -0.2) is 22.0 Å². The Hall–Kier alpha value is -3.33. The number of carbonyl (C=O) groups excluding carboxylic acids is 1. The monoisotopic (exact) mass is 477 g/mol. The zero-order valence-corrected chi connectivity index (χ0v) is 18.2. The van der Waals surface area contributed by atoms with Gasteiger partial charge in [0.15, 0.2) is 0 Å². The van der Waals surface area contributed by atoms with Gasteiger partial charge in [0, 0.05) is 11.6 Å². The predicted octanol–water partition coefficient (Wildman–Crippen LogP) is 6.05. The first-order valence-electron chi connectivity index (χ1n) is 10.1. The van der Waals surface area contributed by atoms with Crippen LogP contribution in [0.3, 0.4) is 0 Å². The number of amides is 1. The van der Waals surface area contributed by atoms with Crippen LogP contribution in [0.5, 0.6) is 17.5 Å². The van der Waals surface area contributed by atoms with Crippen molar-refractivity contribution < 1.29 is 27.4 Å². The fraction of sp³-hybridized carbons (Fsp3) is 0.261. The number of carbonyl (C=O) groups is 1. The Morgan fingerprint density at radius 3 is 2.36 bits per heavy atom. The molecule has 0 spiro atoms. The first-order valence-corrected chi connectivity index (χ1v) is 10.5. The lowest BCUT2D eigenvalue weighted by Gasteiger charge is -2.34. The third kappa shape index (κ3) is 5.73. The Morgan fingerprint density at radius 1 is 1.09 bits per heavy atom. The minimum absolute atomic E-state index is 0.142. The molecule has 1 fully saturated rings. The second kappa shape index (κ2) is 9.27. The molecule has 0 aliphatic heterocycles. The molecule has 1 heterocycles. The van der Waals surface area contributed by atoms with E-state index in [-0.39, 0.29) is 23.9 Å². The van der Waals surface area contributed by atoms with Gasteiger partial charge in [-0.15, -0.1) is 0 Å². The van der Waals surface area contributed by atoms with E-state index in [0.717, 1.165) is 17.7 Å². The van der Waals surface area contributed by atoms with Gasteiger partial charge in [0.1, 0.15) is 17.6 Å². The summed E-state index contributed by atoms with van der Waals surface area (Å²) in [7, 11) is 0. The SMILES string of the molecule is Cc1cc(NC(=O)C2CC(Oc3ccc(C(F)(F)F)cc3)C2)ccc1Oc1ncc(Cl)cn1. The highest BCUT2D eigenvalue weighted by Gasteiger charge is 2.36. The first kappa shape index (κ1) is 22.8. The maximum absolute atomic E-state index is 12.6. The molecule has 4 rings (SSSR count). The Kier molecular flexibility index (Phi) is 6.42. The normalized spacial score (nSPS) is 17.7. The van der Waals surface area contributed by atoms with Crippen molar-refractivity contribution in [2.75, 3.05) is 5.32 Å². The standard InChI is InChI=1S/C23H19ClF3N3O3/c1-13-8-17(4-7-20(13)33-22-28-11-16(24)12-29-22)30-21(31)14-9-19(10-14)32-18-5-2-15(3-6-18)23(25,26)27/h2-8,11-12,14,19H,9-10H2,1H3,(H,30,31). The average molecular weight is 478 g/mol. The second-order valence-corrected chi connectivity index (χ2v) is 8.12. The molecule has 1 amide bonds. The molecule has 6 nitrogen and oxygen atoms in total. The summed E-state index contributed by atoms with van der Waals surface area (Å²) in [5.41, 5.74) is 0.672. The summed E-state index contributed by atoms with van der Waals surface area (Å²) >= 11 is 5.76. The molecular formula is C23H19ClF3N3O3. The Labute approximate surface area is 192 Å². The zero-order valence-electron chi connectivity index (χ0n) is 17.4. The molecule has 1 aromatic heterocycles. The maximum Gasteiger partial charge on any atom is 0.416 e. The molecule has 1 aliphatic rings. The van der Waals surface area contributed by atoms with Crippen LogP contribution >= 0.6 is 11.6 Å². The molecule has 3 aromatic rings. The van der Waals surface area contributed by atoms with Crippen LogP contribution in [0.1, 0.15) is 24.0 Å². The number of aromatic nitrogens is 2. The fourth-order valence-corrected chi connectivity index (χ4v) is 3.43. The number of hydrogen-bond donors (Lipinski definition) is 1. The lowest BCUT2D eigenvalue weighted by atomic mass is 9.81. The van der Waals surface area contributed by atoms with Crippen molar-refractivity contribution in [3.63, 3.8) is 0 Å². The Bertz CT molecular complexity index is 1130. The van der Waals surface area contributed by atoms with Crippen molar-refractivity contribution in [1.29, 1.82) is 0 Å². The van der Waals surface area contributed by atoms with E-state index in [0.29, 0.717) is 35.1 Å². The maximum atomic E-state index is 12.6. The van der Waals surface area contributed by atoms with Crippen molar-refractivity contribution in [3.8, 4) is 17.5 Å². The van der Waals surface area contributed by atoms with E-state index in [2.05, 4.69) is 15.3 Å². The number of anilines is 1. The van der Waals surface area contributed by atoms with Crippen LogP contribution in [0.15, 0.2) is 54.9 Å². The summed E-state index contributed by atoms with van der Waals surface area (Å²) in [5, 5.41) is 3.27. The van der Waals surface area contributed by atoms with E-state index in [9.17, 15) is 18.0 Å². The van der Waals surface area contributed by atoms with Crippen LogP contribution in [0, 0.1) is 12.8 Å². The molecule has 0 bridgehead atoms. The molecule has 33 heavy (non-hydrogen) atoms. The van der Waals surface area contributed by atoms with E-state index < -0.39 is 11.7 Å². The summed E-state index contributed by atoms with van der Waals surface area (Å²) in [4.78, 5) is 20.5. The van der Waals surface area contributed by atoms with Gasteiger partial charge in [-0.1, -0.05) is 11.6 Å². The van der Waals surface area contributed by atoms with Gasteiger partial charge in [-0.25, -0.2) is 9.97 Å². The van der Waals surface area contributed by atoms with Gasteiger partial charge in [-0.3, -0.25) is 4.79 Å². The average Bonchev–Trinajstić information content (AvgIpc) is 2.73. The summed E-state index contributed by atoms with van der Waals surface area (Å²) in [6, 6.07) is 9.89. The third-order valence-electron chi connectivity index (χ3n) is 5.19. The van der Waals surface area contributed by atoms with Crippen LogP contribution in [-0.2, 0) is 11.0 Å². The van der Waals surface area contributed by atoms with E-state index >= 15 is 0 Å². The highest BCUT2D eigenvalue weighted by atomic mass is 35.5. The van der Waals surface area contributed by atoms with E-state index in [1.165, 1.54) is 24.5 Å². The third-order valence-corrected chi connectivity index (χ3v) is 5.39. The summed E-state index contributed by atoms with van der Waals surface area (Å²) in [6.07, 6.45) is -0.761. The van der Waals surface area contributed by atoms with Gasteiger partial charge in [-0.05, 0) is 67.8 Å². The van der Waals surface area contributed by atoms with Crippen LogP contribution in [0.2, 0.25) is 5.02 Å². The van der Waals surface area contributed by atoms with Gasteiger partial charge < -0.3 is 14.8 Å². The molecule has 0 atom stereocenters. The van der Waals surface area contributed by atoms with Crippen molar-refractivity contribution in [3.05, 3.63) is 71.0 Å². The molecule has 172 valence electrons.